The minimum atomic E-state index is -1.09. The van der Waals surface area contributed by atoms with Crippen molar-refractivity contribution in [2.75, 3.05) is 0 Å². The van der Waals surface area contributed by atoms with Gasteiger partial charge in [0.15, 0.2) is 0 Å². The van der Waals surface area contributed by atoms with Crippen LogP contribution in [0.15, 0.2) is 42.6 Å². The van der Waals surface area contributed by atoms with Crippen molar-refractivity contribution in [2.24, 2.45) is 7.05 Å². The standard InChI is InChI=1S/C16H21N3O2.Na/c1-16(15(20)21,10-8-13-6-4-3-5-7-13)17-12-14-9-11-19(2)18-14;/h3-7,9,11,17H,8,10,12H2,1-2H3,(H,20,21);/q;+1/p-1. The molecule has 0 saturated heterocycles. The molecule has 1 unspecified atom stereocenters. The molecule has 0 bridgehead atoms. The number of benzene rings is 1. The molecular weight excluding hydrogens is 289 g/mol. The number of hydrogen-bond acceptors (Lipinski definition) is 4. The topological polar surface area (TPSA) is 70.0 Å². The normalized spacial score (nSPS) is 13.2. The van der Waals surface area contributed by atoms with Crippen LogP contribution in [-0.4, -0.2) is 21.3 Å². The van der Waals surface area contributed by atoms with Crippen molar-refractivity contribution < 1.29 is 39.5 Å². The van der Waals surface area contributed by atoms with Gasteiger partial charge in [-0.1, -0.05) is 30.3 Å². The van der Waals surface area contributed by atoms with Gasteiger partial charge in [-0.2, -0.15) is 5.10 Å². The molecule has 0 amide bonds. The molecule has 2 rings (SSSR count). The van der Waals surface area contributed by atoms with E-state index in [1.54, 1.807) is 11.6 Å². The van der Waals surface area contributed by atoms with E-state index in [4.69, 9.17) is 0 Å². The molecule has 0 radical (unpaired) electrons. The molecule has 1 heterocycles. The van der Waals surface area contributed by atoms with E-state index >= 15 is 0 Å². The summed E-state index contributed by atoms with van der Waals surface area (Å²) in [6.45, 7) is 2.06. The van der Waals surface area contributed by atoms with Crippen LogP contribution in [0, 0.1) is 0 Å². The molecule has 1 aromatic carbocycles. The molecular formula is C16H20N3NaO2. The number of carboxylic acid groups (broad SMARTS) is 1. The maximum Gasteiger partial charge on any atom is 1.00 e. The molecule has 0 aliphatic carbocycles. The van der Waals surface area contributed by atoms with Gasteiger partial charge in [0.1, 0.15) is 0 Å². The van der Waals surface area contributed by atoms with E-state index in [0.29, 0.717) is 19.4 Å². The first kappa shape index (κ1) is 18.9. The van der Waals surface area contributed by atoms with E-state index in [-0.39, 0.29) is 29.6 Å². The average Bonchev–Trinajstić information content (AvgIpc) is 2.90. The van der Waals surface area contributed by atoms with Crippen LogP contribution >= 0.6 is 0 Å². The molecule has 2 aromatic rings. The fourth-order valence-corrected chi connectivity index (χ4v) is 2.14. The van der Waals surface area contributed by atoms with Crippen molar-refractivity contribution in [2.45, 2.75) is 31.8 Å². The Morgan fingerprint density at radius 3 is 2.55 bits per heavy atom. The Hall–Kier alpha value is -1.14. The number of aromatic nitrogens is 2. The van der Waals surface area contributed by atoms with E-state index in [0.717, 1.165) is 11.3 Å². The smallest absolute Gasteiger partial charge is 0.548 e. The van der Waals surface area contributed by atoms with Gasteiger partial charge in [-0.15, -0.1) is 0 Å². The number of hydrogen-bond donors (Lipinski definition) is 1. The summed E-state index contributed by atoms with van der Waals surface area (Å²) in [6.07, 6.45) is 2.98. The van der Waals surface area contributed by atoms with Crippen molar-refractivity contribution in [1.82, 2.24) is 15.1 Å². The second-order valence-corrected chi connectivity index (χ2v) is 5.44. The Labute approximate surface area is 153 Å². The molecule has 0 aliphatic rings. The van der Waals surface area contributed by atoms with E-state index < -0.39 is 11.5 Å². The monoisotopic (exact) mass is 309 g/mol. The third kappa shape index (κ3) is 5.25. The SMILES string of the molecule is Cn1ccc(CNC(C)(CCc2ccccc2)C(=O)[O-])n1.[Na+]. The van der Waals surface area contributed by atoms with E-state index in [1.807, 2.05) is 49.6 Å². The Morgan fingerprint density at radius 2 is 2.00 bits per heavy atom. The predicted octanol–water partition coefficient (Wildman–Crippen LogP) is -2.34. The summed E-state index contributed by atoms with van der Waals surface area (Å²) < 4.78 is 1.69. The summed E-state index contributed by atoms with van der Waals surface area (Å²) in [6, 6.07) is 11.7. The van der Waals surface area contributed by atoms with Crippen LogP contribution in [0.25, 0.3) is 0 Å². The van der Waals surface area contributed by atoms with Crippen molar-refractivity contribution in [1.29, 1.82) is 0 Å². The zero-order valence-corrected chi connectivity index (χ0v) is 15.4. The van der Waals surface area contributed by atoms with Crippen LogP contribution in [0.2, 0.25) is 0 Å². The summed E-state index contributed by atoms with van der Waals surface area (Å²) in [7, 11) is 1.83. The zero-order valence-electron chi connectivity index (χ0n) is 13.4. The number of nitrogens with zero attached hydrogens (tertiary/aromatic N) is 2. The van der Waals surface area contributed by atoms with Gasteiger partial charge < -0.3 is 15.2 Å². The number of carbonyl (C=O) groups is 1. The first-order chi connectivity index (χ1) is 9.99. The van der Waals surface area contributed by atoms with Crippen LogP contribution in [0.5, 0.6) is 0 Å². The van der Waals surface area contributed by atoms with Gasteiger partial charge in [-0.25, -0.2) is 0 Å². The summed E-state index contributed by atoms with van der Waals surface area (Å²) in [4.78, 5) is 11.5. The van der Waals surface area contributed by atoms with Crippen molar-refractivity contribution in [3.05, 3.63) is 53.9 Å². The van der Waals surface area contributed by atoms with E-state index in [1.165, 1.54) is 0 Å². The minimum absolute atomic E-state index is 0. The third-order valence-electron chi connectivity index (χ3n) is 3.64. The van der Waals surface area contributed by atoms with Crippen LogP contribution in [0.4, 0.5) is 0 Å². The summed E-state index contributed by atoms with van der Waals surface area (Å²) in [5.74, 6) is -1.09. The molecule has 6 heteroatoms. The third-order valence-corrected chi connectivity index (χ3v) is 3.64. The predicted molar refractivity (Wildman–Crippen MR) is 78.2 cm³/mol. The maximum atomic E-state index is 11.5. The molecule has 1 atom stereocenters. The summed E-state index contributed by atoms with van der Waals surface area (Å²) >= 11 is 0. The number of carbonyl (C=O) groups excluding carboxylic acids is 1. The molecule has 112 valence electrons. The molecule has 0 aliphatic heterocycles. The van der Waals surface area contributed by atoms with Crippen molar-refractivity contribution >= 4 is 5.97 Å². The average molecular weight is 309 g/mol. The maximum absolute atomic E-state index is 11.5. The van der Waals surface area contributed by atoms with Crippen molar-refractivity contribution in [3.8, 4) is 0 Å². The Kier molecular flexibility index (Phi) is 7.29. The molecule has 0 saturated carbocycles. The summed E-state index contributed by atoms with van der Waals surface area (Å²) in [5, 5.41) is 18.8. The molecule has 22 heavy (non-hydrogen) atoms. The van der Waals surface area contributed by atoms with Gasteiger partial charge in [-0.05, 0) is 31.4 Å². The molecule has 5 nitrogen and oxygen atoms in total. The molecule has 0 fully saturated rings. The van der Waals surface area contributed by atoms with Crippen molar-refractivity contribution in [3.63, 3.8) is 0 Å². The van der Waals surface area contributed by atoms with Gasteiger partial charge in [0.05, 0.1) is 17.2 Å². The van der Waals surface area contributed by atoms with Gasteiger partial charge in [0, 0.05) is 19.8 Å². The van der Waals surface area contributed by atoms with Gasteiger partial charge in [0.25, 0.3) is 0 Å². The quantitative estimate of drug-likeness (QED) is 0.582. The number of nitrogens with one attached hydrogen (secondary N) is 1. The van der Waals surface area contributed by atoms with Crippen LogP contribution < -0.4 is 40.0 Å². The molecule has 0 spiro atoms. The number of aliphatic carboxylic acids is 1. The first-order valence-corrected chi connectivity index (χ1v) is 6.98. The number of rotatable bonds is 7. The van der Waals surface area contributed by atoms with Crippen LogP contribution in [0.3, 0.4) is 0 Å². The second kappa shape index (κ2) is 8.48. The Morgan fingerprint density at radius 1 is 1.32 bits per heavy atom. The van der Waals surface area contributed by atoms with Crippen LogP contribution in [-0.2, 0) is 24.8 Å². The summed E-state index contributed by atoms with van der Waals surface area (Å²) in [5.41, 5.74) is 0.849. The number of carboxylic acids is 1. The fourth-order valence-electron chi connectivity index (χ4n) is 2.14. The van der Waals surface area contributed by atoms with E-state index in [9.17, 15) is 9.90 Å². The zero-order chi connectivity index (χ0) is 15.3. The van der Waals surface area contributed by atoms with Crippen LogP contribution in [0.1, 0.15) is 24.6 Å². The largest absolute Gasteiger partial charge is 1.00 e. The van der Waals surface area contributed by atoms with Gasteiger partial charge in [-0.3, -0.25) is 4.68 Å². The van der Waals surface area contributed by atoms with E-state index in [2.05, 4.69) is 10.4 Å². The number of aryl methyl sites for hydroxylation is 2. The first-order valence-electron chi connectivity index (χ1n) is 6.98. The van der Waals surface area contributed by atoms with Gasteiger partial charge in [0.2, 0.25) is 0 Å². The molecule has 1 N–H and O–H groups in total. The Bertz CT molecular complexity index is 600. The fraction of sp³-hybridized carbons (Fsp3) is 0.375. The van der Waals surface area contributed by atoms with Gasteiger partial charge >= 0.3 is 29.6 Å². The molecule has 1 aromatic heterocycles. The minimum Gasteiger partial charge on any atom is -0.548 e. The Balaban J connectivity index is 0.00000242. The second-order valence-electron chi connectivity index (χ2n) is 5.44.